The predicted molar refractivity (Wildman–Crippen MR) is 100 cm³/mol. The van der Waals surface area contributed by atoms with E-state index in [1.165, 1.54) is 0 Å². The number of ketones is 1. The van der Waals surface area contributed by atoms with E-state index in [-0.39, 0.29) is 16.2 Å². The Hall–Kier alpha value is -1.73. The summed E-state index contributed by atoms with van der Waals surface area (Å²) in [6.07, 6.45) is 0. The van der Waals surface area contributed by atoms with Crippen LogP contribution in [0.3, 0.4) is 0 Å². The molecule has 1 fully saturated rings. The van der Waals surface area contributed by atoms with Gasteiger partial charge in [0.15, 0.2) is 5.25 Å². The summed E-state index contributed by atoms with van der Waals surface area (Å²) in [5, 5.41) is 4.00. The maximum absolute atomic E-state index is 12.4. The second kappa shape index (κ2) is 7.44. The molecule has 2 rings (SSSR count). The van der Waals surface area contributed by atoms with Crippen LogP contribution in [0.1, 0.15) is 50.7 Å². The van der Waals surface area contributed by atoms with Gasteiger partial charge in [0.1, 0.15) is 4.32 Å². The van der Waals surface area contributed by atoms with E-state index in [0.29, 0.717) is 5.69 Å². The van der Waals surface area contributed by atoms with Gasteiger partial charge in [-0.1, -0.05) is 69.9 Å². The summed E-state index contributed by atoms with van der Waals surface area (Å²) in [5.41, 5.74) is 2.58. The number of anilines is 1. The van der Waals surface area contributed by atoms with E-state index in [9.17, 15) is 14.4 Å². The first-order chi connectivity index (χ1) is 11.2. The van der Waals surface area contributed by atoms with Crippen LogP contribution in [0, 0.1) is 0 Å². The van der Waals surface area contributed by atoms with Gasteiger partial charge in [-0.05, 0) is 23.0 Å². The first kappa shape index (κ1) is 18.6. The van der Waals surface area contributed by atoms with Crippen molar-refractivity contribution in [1.29, 1.82) is 0 Å². The molecule has 1 unspecified atom stereocenters. The molecule has 7 heteroatoms. The minimum Gasteiger partial charge on any atom is -0.319 e. The van der Waals surface area contributed by atoms with Crippen molar-refractivity contribution in [1.82, 2.24) is 5.32 Å². The highest BCUT2D eigenvalue weighted by Crippen LogP contribution is 2.32. The molecule has 1 aromatic rings. The number of thiocarbonyl (C=S) groups is 1. The molecule has 2 amide bonds. The number of carbonyl (C=O) groups excluding carboxylic acids is 3. The summed E-state index contributed by atoms with van der Waals surface area (Å²) >= 11 is 5.77. The van der Waals surface area contributed by atoms with Gasteiger partial charge in [-0.3, -0.25) is 14.4 Å². The molecule has 1 aliphatic heterocycles. The van der Waals surface area contributed by atoms with E-state index in [1.54, 1.807) is 0 Å². The summed E-state index contributed by atoms with van der Waals surface area (Å²) in [6, 6.07) is 5.81. The molecule has 0 spiro atoms. The molecular formula is C17H20N2O3S2. The fourth-order valence-corrected chi connectivity index (χ4v) is 3.66. The Morgan fingerprint density at radius 3 is 2.12 bits per heavy atom. The summed E-state index contributed by atoms with van der Waals surface area (Å²) in [4.78, 5) is 36.4. The summed E-state index contributed by atoms with van der Waals surface area (Å²) in [7, 11) is 0. The quantitative estimate of drug-likeness (QED) is 0.477. The van der Waals surface area contributed by atoms with Crippen LogP contribution in [-0.2, 0) is 14.4 Å². The van der Waals surface area contributed by atoms with Gasteiger partial charge >= 0.3 is 0 Å². The van der Waals surface area contributed by atoms with Crippen molar-refractivity contribution in [2.75, 3.05) is 5.32 Å². The number of thioether (sulfide) groups is 1. The summed E-state index contributed by atoms with van der Waals surface area (Å²) in [6.45, 7) is 8.09. The second-order valence-electron chi connectivity index (χ2n) is 6.21. The van der Waals surface area contributed by atoms with Gasteiger partial charge in [0, 0.05) is 5.69 Å². The molecule has 0 aliphatic carbocycles. The number of benzene rings is 1. The molecule has 1 aliphatic rings. The lowest BCUT2D eigenvalue weighted by molar-refractivity contribution is -0.136. The van der Waals surface area contributed by atoms with Gasteiger partial charge in [-0.2, -0.15) is 0 Å². The minimum absolute atomic E-state index is 0.186. The number of hydrogen-bond donors (Lipinski definition) is 2. The Morgan fingerprint density at radius 2 is 1.71 bits per heavy atom. The van der Waals surface area contributed by atoms with Crippen LogP contribution < -0.4 is 10.6 Å². The van der Waals surface area contributed by atoms with E-state index in [0.717, 1.165) is 22.9 Å². The Kier molecular flexibility index (Phi) is 5.77. The molecule has 0 bridgehead atoms. The molecule has 1 aromatic carbocycles. The molecule has 2 N–H and O–H groups in total. The molecule has 1 saturated heterocycles. The molecule has 0 aromatic heterocycles. The largest absolute Gasteiger partial charge is 0.319 e. The maximum atomic E-state index is 12.4. The zero-order valence-corrected chi connectivity index (χ0v) is 15.6. The highest BCUT2D eigenvalue weighted by atomic mass is 32.2. The van der Waals surface area contributed by atoms with Crippen molar-refractivity contribution in [3.05, 3.63) is 29.3 Å². The number of carbonyl (C=O) groups is 3. The average Bonchev–Trinajstić information content (AvgIpc) is 2.84. The van der Waals surface area contributed by atoms with E-state index < -0.39 is 22.8 Å². The van der Waals surface area contributed by atoms with Crippen molar-refractivity contribution in [3.8, 4) is 0 Å². The monoisotopic (exact) mass is 364 g/mol. The molecular weight excluding hydrogens is 344 g/mol. The molecule has 0 radical (unpaired) electrons. The van der Waals surface area contributed by atoms with Gasteiger partial charge < -0.3 is 10.6 Å². The lowest BCUT2D eigenvalue weighted by Gasteiger charge is -2.20. The normalized spacial score (nSPS) is 17.3. The highest BCUT2D eigenvalue weighted by Gasteiger charge is 2.39. The number of hydrogen-bond acceptors (Lipinski definition) is 5. The van der Waals surface area contributed by atoms with Crippen LogP contribution in [0.25, 0.3) is 0 Å². The van der Waals surface area contributed by atoms with Crippen LogP contribution in [0.2, 0.25) is 0 Å². The first-order valence-corrected chi connectivity index (χ1v) is 9.00. The lowest BCUT2D eigenvalue weighted by Crippen LogP contribution is -2.37. The minimum atomic E-state index is -1.11. The van der Waals surface area contributed by atoms with Crippen molar-refractivity contribution in [2.45, 2.75) is 44.8 Å². The number of nitrogens with one attached hydrogen (secondary N) is 2. The third-order valence-corrected chi connectivity index (χ3v) is 5.13. The van der Waals surface area contributed by atoms with Crippen LogP contribution >= 0.6 is 24.0 Å². The number of rotatable bonds is 5. The summed E-state index contributed by atoms with van der Waals surface area (Å²) < 4.78 is 0.219. The third kappa shape index (κ3) is 3.84. The van der Waals surface area contributed by atoms with Crippen molar-refractivity contribution >= 4 is 51.6 Å². The molecule has 1 heterocycles. The fourth-order valence-electron chi connectivity index (χ4n) is 2.52. The van der Waals surface area contributed by atoms with Crippen LogP contribution in [0.15, 0.2) is 18.2 Å². The number of para-hydroxylation sites is 1. The Balaban J connectivity index is 2.30. The Morgan fingerprint density at radius 1 is 1.17 bits per heavy atom. The van der Waals surface area contributed by atoms with Gasteiger partial charge in [0.05, 0.1) is 0 Å². The van der Waals surface area contributed by atoms with Crippen LogP contribution in [0.5, 0.6) is 0 Å². The third-order valence-electron chi connectivity index (χ3n) is 3.76. The Bertz CT molecular complexity index is 688. The van der Waals surface area contributed by atoms with Crippen LogP contribution in [-0.4, -0.2) is 27.2 Å². The fraction of sp³-hybridized carbons (Fsp3) is 0.412. The Labute approximate surface area is 151 Å². The highest BCUT2D eigenvalue weighted by molar-refractivity contribution is 8.25. The van der Waals surface area contributed by atoms with Gasteiger partial charge in [0.2, 0.25) is 11.7 Å². The SMILES string of the molecule is CC(C)c1cccc(C(C)C)c1NC(=O)C(=O)C1SC(=S)NC1=O. The van der Waals surface area contributed by atoms with Crippen molar-refractivity contribution in [2.24, 2.45) is 0 Å². The predicted octanol–water partition coefficient (Wildman–Crippen LogP) is 2.96. The smallest absolute Gasteiger partial charge is 0.293 e. The van der Waals surface area contributed by atoms with E-state index in [2.05, 4.69) is 10.6 Å². The summed E-state index contributed by atoms with van der Waals surface area (Å²) in [5.74, 6) is -1.74. The second-order valence-corrected chi connectivity index (χ2v) is 8.00. The molecule has 5 nitrogen and oxygen atoms in total. The van der Waals surface area contributed by atoms with Gasteiger partial charge in [-0.25, -0.2) is 0 Å². The van der Waals surface area contributed by atoms with E-state index >= 15 is 0 Å². The van der Waals surface area contributed by atoms with Gasteiger partial charge in [0.25, 0.3) is 5.91 Å². The zero-order valence-electron chi connectivity index (χ0n) is 14.0. The molecule has 1 atom stereocenters. The maximum Gasteiger partial charge on any atom is 0.293 e. The van der Waals surface area contributed by atoms with Gasteiger partial charge in [-0.15, -0.1) is 0 Å². The topological polar surface area (TPSA) is 75.3 Å². The average molecular weight is 364 g/mol. The molecule has 24 heavy (non-hydrogen) atoms. The molecule has 0 saturated carbocycles. The zero-order chi connectivity index (χ0) is 18.0. The standard InChI is InChI=1S/C17H20N2O3S2/c1-8(2)10-6-5-7-11(9(3)4)12(10)18-15(21)13(20)14-16(22)19-17(23)24-14/h5-9,14H,1-4H3,(H,18,21)(H,19,22,23). The van der Waals surface area contributed by atoms with E-state index in [4.69, 9.17) is 12.2 Å². The first-order valence-electron chi connectivity index (χ1n) is 7.71. The number of Topliss-reactive ketones (excluding diaryl/α,β-unsaturated/α-hetero) is 1. The van der Waals surface area contributed by atoms with Crippen molar-refractivity contribution < 1.29 is 14.4 Å². The lowest BCUT2D eigenvalue weighted by atomic mass is 9.92. The van der Waals surface area contributed by atoms with Crippen LogP contribution in [0.4, 0.5) is 5.69 Å². The molecule has 128 valence electrons. The van der Waals surface area contributed by atoms with Crippen molar-refractivity contribution in [3.63, 3.8) is 0 Å². The number of amides is 2. The van der Waals surface area contributed by atoms with E-state index in [1.807, 2.05) is 45.9 Å².